The lowest BCUT2D eigenvalue weighted by molar-refractivity contribution is 0.425. The normalized spacial score (nSPS) is 13.7. The van der Waals surface area contributed by atoms with E-state index in [4.69, 9.17) is 4.52 Å². The summed E-state index contributed by atoms with van der Waals surface area (Å²) in [6.07, 6.45) is 1.10. The molecule has 1 aromatic carbocycles. The first-order chi connectivity index (χ1) is 7.33. The van der Waals surface area contributed by atoms with E-state index < -0.39 is 0 Å². The molecule has 0 atom stereocenters. The topological polar surface area (TPSA) is 51.0 Å². The minimum absolute atomic E-state index is 0.587. The van der Waals surface area contributed by atoms with Gasteiger partial charge in [0.1, 0.15) is 0 Å². The standard InChI is InChI=1S/C11H11N3O/c1-7-13-11(15-14-7)9-3-2-8-4-5-12-10(8)6-9/h2-3,6,12H,4-5H2,1H3. The molecule has 0 aliphatic carbocycles. The summed E-state index contributed by atoms with van der Waals surface area (Å²) in [7, 11) is 0. The highest BCUT2D eigenvalue weighted by Gasteiger charge is 2.13. The molecule has 15 heavy (non-hydrogen) atoms. The van der Waals surface area contributed by atoms with Crippen LogP contribution in [0.15, 0.2) is 22.7 Å². The van der Waals surface area contributed by atoms with Crippen LogP contribution in [-0.4, -0.2) is 16.7 Å². The van der Waals surface area contributed by atoms with E-state index >= 15 is 0 Å². The van der Waals surface area contributed by atoms with Crippen molar-refractivity contribution in [1.82, 2.24) is 10.1 Å². The average molecular weight is 201 g/mol. The molecule has 0 saturated carbocycles. The zero-order valence-electron chi connectivity index (χ0n) is 8.45. The summed E-state index contributed by atoms with van der Waals surface area (Å²) >= 11 is 0. The van der Waals surface area contributed by atoms with Crippen molar-refractivity contribution >= 4 is 5.69 Å². The molecule has 1 aromatic heterocycles. The van der Waals surface area contributed by atoms with Gasteiger partial charge in [0.25, 0.3) is 5.89 Å². The lowest BCUT2D eigenvalue weighted by Crippen LogP contribution is -1.91. The molecule has 1 N–H and O–H groups in total. The second kappa shape index (κ2) is 3.08. The number of nitrogens with zero attached hydrogens (tertiary/aromatic N) is 2. The Kier molecular flexibility index (Phi) is 1.74. The molecule has 1 aliphatic heterocycles. The molecule has 0 amide bonds. The number of fused-ring (bicyclic) bond motifs is 1. The van der Waals surface area contributed by atoms with Gasteiger partial charge in [-0.05, 0) is 31.0 Å². The average Bonchev–Trinajstić information content (AvgIpc) is 2.84. The molecule has 0 unspecified atom stereocenters. The quantitative estimate of drug-likeness (QED) is 0.766. The van der Waals surface area contributed by atoms with Crippen molar-refractivity contribution in [3.63, 3.8) is 0 Å². The van der Waals surface area contributed by atoms with Gasteiger partial charge in [0.05, 0.1) is 0 Å². The van der Waals surface area contributed by atoms with Gasteiger partial charge in [0.15, 0.2) is 5.82 Å². The Morgan fingerprint density at radius 1 is 1.40 bits per heavy atom. The zero-order chi connectivity index (χ0) is 10.3. The van der Waals surface area contributed by atoms with Gasteiger partial charge in [0, 0.05) is 17.8 Å². The molecule has 4 heteroatoms. The molecule has 2 heterocycles. The van der Waals surface area contributed by atoms with Crippen molar-refractivity contribution in [2.75, 3.05) is 11.9 Å². The summed E-state index contributed by atoms with van der Waals surface area (Å²) in [4.78, 5) is 4.20. The fourth-order valence-electron chi connectivity index (χ4n) is 1.84. The van der Waals surface area contributed by atoms with Crippen LogP contribution in [-0.2, 0) is 6.42 Å². The Bertz CT molecular complexity index is 504. The van der Waals surface area contributed by atoms with Crippen LogP contribution in [0.2, 0.25) is 0 Å². The maximum Gasteiger partial charge on any atom is 0.257 e. The number of nitrogens with one attached hydrogen (secondary N) is 1. The van der Waals surface area contributed by atoms with Crippen LogP contribution in [0.4, 0.5) is 5.69 Å². The zero-order valence-corrected chi connectivity index (χ0v) is 8.45. The number of aromatic nitrogens is 2. The lowest BCUT2D eigenvalue weighted by atomic mass is 10.1. The van der Waals surface area contributed by atoms with Crippen molar-refractivity contribution in [2.45, 2.75) is 13.3 Å². The predicted octanol–water partition coefficient (Wildman–Crippen LogP) is 2.01. The molecule has 3 rings (SSSR count). The van der Waals surface area contributed by atoms with Gasteiger partial charge in [-0.3, -0.25) is 0 Å². The van der Waals surface area contributed by atoms with Gasteiger partial charge in [-0.1, -0.05) is 11.2 Å². The van der Waals surface area contributed by atoms with Crippen molar-refractivity contribution in [1.29, 1.82) is 0 Å². The number of hydrogen-bond acceptors (Lipinski definition) is 4. The van der Waals surface area contributed by atoms with Crippen LogP contribution in [0.25, 0.3) is 11.5 Å². The molecule has 0 radical (unpaired) electrons. The van der Waals surface area contributed by atoms with E-state index in [-0.39, 0.29) is 0 Å². The Labute approximate surface area is 87.3 Å². The third-order valence-corrected chi connectivity index (χ3v) is 2.59. The Morgan fingerprint density at radius 2 is 2.33 bits per heavy atom. The minimum Gasteiger partial charge on any atom is -0.384 e. The maximum absolute atomic E-state index is 5.12. The highest BCUT2D eigenvalue weighted by atomic mass is 16.5. The molecular weight excluding hydrogens is 190 g/mol. The Balaban J connectivity index is 2.06. The molecule has 0 spiro atoms. The first kappa shape index (κ1) is 8.47. The summed E-state index contributed by atoms with van der Waals surface area (Å²) in [6.45, 7) is 2.83. The van der Waals surface area contributed by atoms with Gasteiger partial charge < -0.3 is 9.84 Å². The van der Waals surface area contributed by atoms with E-state index in [2.05, 4.69) is 27.6 Å². The van der Waals surface area contributed by atoms with Crippen LogP contribution >= 0.6 is 0 Å². The van der Waals surface area contributed by atoms with E-state index in [0.29, 0.717) is 11.7 Å². The summed E-state index contributed by atoms with van der Waals surface area (Å²) in [5, 5.41) is 7.11. The third-order valence-electron chi connectivity index (χ3n) is 2.59. The van der Waals surface area contributed by atoms with E-state index in [1.54, 1.807) is 0 Å². The molecule has 4 nitrogen and oxygen atoms in total. The maximum atomic E-state index is 5.12. The van der Waals surface area contributed by atoms with Crippen molar-refractivity contribution in [3.8, 4) is 11.5 Å². The highest BCUT2D eigenvalue weighted by molar-refractivity contribution is 5.66. The number of anilines is 1. The van der Waals surface area contributed by atoms with Gasteiger partial charge in [-0.15, -0.1) is 0 Å². The second-order valence-corrected chi connectivity index (χ2v) is 3.70. The number of rotatable bonds is 1. The number of hydrogen-bond donors (Lipinski definition) is 1. The molecule has 76 valence electrons. The first-order valence-electron chi connectivity index (χ1n) is 5.00. The monoisotopic (exact) mass is 201 g/mol. The SMILES string of the molecule is Cc1noc(-c2ccc3c(c2)NCC3)n1. The first-order valence-corrected chi connectivity index (χ1v) is 5.00. The van der Waals surface area contributed by atoms with E-state index in [1.807, 2.05) is 13.0 Å². The Morgan fingerprint density at radius 3 is 3.13 bits per heavy atom. The molecule has 0 bridgehead atoms. The number of benzene rings is 1. The number of aryl methyl sites for hydroxylation is 1. The van der Waals surface area contributed by atoms with Crippen molar-refractivity contribution in [2.24, 2.45) is 0 Å². The lowest BCUT2D eigenvalue weighted by Gasteiger charge is -2.00. The largest absolute Gasteiger partial charge is 0.384 e. The Hall–Kier alpha value is -1.84. The summed E-state index contributed by atoms with van der Waals surface area (Å²) in [5.41, 5.74) is 3.52. The summed E-state index contributed by atoms with van der Waals surface area (Å²) < 4.78 is 5.12. The molecule has 0 saturated heterocycles. The van der Waals surface area contributed by atoms with Crippen molar-refractivity contribution in [3.05, 3.63) is 29.6 Å². The van der Waals surface area contributed by atoms with Gasteiger partial charge in [0.2, 0.25) is 0 Å². The van der Waals surface area contributed by atoms with Crippen LogP contribution in [0.5, 0.6) is 0 Å². The molecule has 1 aliphatic rings. The predicted molar refractivity (Wildman–Crippen MR) is 56.7 cm³/mol. The fraction of sp³-hybridized carbons (Fsp3) is 0.273. The second-order valence-electron chi connectivity index (χ2n) is 3.70. The van der Waals surface area contributed by atoms with Gasteiger partial charge in [-0.25, -0.2) is 0 Å². The van der Waals surface area contributed by atoms with Crippen LogP contribution in [0.1, 0.15) is 11.4 Å². The highest BCUT2D eigenvalue weighted by Crippen LogP contribution is 2.27. The van der Waals surface area contributed by atoms with Gasteiger partial charge in [-0.2, -0.15) is 4.98 Å². The summed E-state index contributed by atoms with van der Waals surface area (Å²) in [6, 6.07) is 6.21. The van der Waals surface area contributed by atoms with E-state index in [1.165, 1.54) is 11.3 Å². The minimum atomic E-state index is 0.587. The van der Waals surface area contributed by atoms with Crippen LogP contribution in [0, 0.1) is 6.92 Å². The van der Waals surface area contributed by atoms with Crippen LogP contribution < -0.4 is 5.32 Å². The van der Waals surface area contributed by atoms with Crippen molar-refractivity contribution < 1.29 is 4.52 Å². The molecule has 2 aromatic rings. The fourth-order valence-corrected chi connectivity index (χ4v) is 1.84. The van der Waals surface area contributed by atoms with Gasteiger partial charge >= 0.3 is 0 Å². The van der Waals surface area contributed by atoms with E-state index in [0.717, 1.165) is 18.5 Å². The van der Waals surface area contributed by atoms with Crippen LogP contribution in [0.3, 0.4) is 0 Å². The third kappa shape index (κ3) is 1.38. The summed E-state index contributed by atoms with van der Waals surface area (Å²) in [5.74, 6) is 1.25. The van der Waals surface area contributed by atoms with E-state index in [9.17, 15) is 0 Å². The smallest absolute Gasteiger partial charge is 0.257 e. The molecular formula is C11H11N3O. The molecule has 0 fully saturated rings.